The van der Waals surface area contributed by atoms with Gasteiger partial charge in [0.25, 0.3) is 5.91 Å². The molecule has 1 fully saturated rings. The van der Waals surface area contributed by atoms with Crippen molar-refractivity contribution < 1.29 is 14.3 Å². The number of fused-ring (bicyclic) bond motifs is 1. The van der Waals surface area contributed by atoms with Gasteiger partial charge in [-0.25, -0.2) is 9.50 Å². The lowest BCUT2D eigenvalue weighted by Gasteiger charge is -2.26. The van der Waals surface area contributed by atoms with Crippen LogP contribution in [-0.4, -0.2) is 53.2 Å². The van der Waals surface area contributed by atoms with Crippen LogP contribution >= 0.6 is 0 Å². The first-order valence-corrected chi connectivity index (χ1v) is 10.5. The lowest BCUT2D eigenvalue weighted by Crippen LogP contribution is -2.28. The Bertz CT molecular complexity index is 1110. The molecule has 0 aliphatic carbocycles. The van der Waals surface area contributed by atoms with E-state index in [9.17, 15) is 9.59 Å². The van der Waals surface area contributed by atoms with E-state index >= 15 is 0 Å². The number of carbonyl (C=O) groups is 2. The molecule has 1 N–H and O–H groups in total. The van der Waals surface area contributed by atoms with Crippen molar-refractivity contribution in [3.05, 3.63) is 59.5 Å². The quantitative estimate of drug-likeness (QED) is 0.615. The zero-order valence-electron chi connectivity index (χ0n) is 18.1. The summed E-state index contributed by atoms with van der Waals surface area (Å²) in [5, 5.41) is 6.88. The van der Waals surface area contributed by atoms with Gasteiger partial charge in [-0.2, -0.15) is 0 Å². The number of esters is 1. The van der Waals surface area contributed by atoms with Gasteiger partial charge in [0, 0.05) is 31.1 Å². The molecule has 1 aliphatic rings. The van der Waals surface area contributed by atoms with Crippen LogP contribution in [0.15, 0.2) is 42.6 Å². The highest BCUT2D eigenvalue weighted by Gasteiger charge is 2.35. The van der Waals surface area contributed by atoms with Gasteiger partial charge in [-0.05, 0) is 25.0 Å². The van der Waals surface area contributed by atoms with Crippen molar-refractivity contribution >= 4 is 23.2 Å². The number of rotatable bonds is 6. The van der Waals surface area contributed by atoms with Crippen molar-refractivity contribution in [2.24, 2.45) is 0 Å². The number of nitrogens with one attached hydrogen (secondary N) is 1. The number of anilines is 1. The second-order valence-corrected chi connectivity index (χ2v) is 8.09. The fraction of sp³-hybridized carbons (Fsp3) is 0.391. The van der Waals surface area contributed by atoms with E-state index in [1.807, 2.05) is 18.3 Å². The SMILES string of the molecule is CCOC(=O)Cc1cc(N2CC[C@](C)(c3ccccc3)C2)cn2nc(C(=O)NC)nc12. The van der Waals surface area contributed by atoms with Gasteiger partial charge in [-0.15, -0.1) is 5.10 Å². The molecule has 0 spiro atoms. The molecule has 3 heterocycles. The van der Waals surface area contributed by atoms with Crippen LogP contribution in [0, 0.1) is 0 Å². The summed E-state index contributed by atoms with van der Waals surface area (Å²) in [5.74, 6) is -0.632. The third-order valence-corrected chi connectivity index (χ3v) is 5.87. The van der Waals surface area contributed by atoms with Gasteiger partial charge >= 0.3 is 5.97 Å². The highest BCUT2D eigenvalue weighted by molar-refractivity contribution is 5.91. The molecule has 0 bridgehead atoms. The largest absolute Gasteiger partial charge is 0.466 e. The van der Waals surface area contributed by atoms with Crippen LogP contribution in [0.5, 0.6) is 0 Å². The van der Waals surface area contributed by atoms with Gasteiger partial charge in [-0.1, -0.05) is 37.3 Å². The first kappa shape index (κ1) is 20.8. The second-order valence-electron chi connectivity index (χ2n) is 8.09. The molecule has 8 nitrogen and oxygen atoms in total. The molecule has 31 heavy (non-hydrogen) atoms. The highest BCUT2D eigenvalue weighted by atomic mass is 16.5. The Balaban J connectivity index is 1.70. The summed E-state index contributed by atoms with van der Waals surface area (Å²) in [6.07, 6.45) is 2.96. The van der Waals surface area contributed by atoms with Crippen molar-refractivity contribution in [1.82, 2.24) is 19.9 Å². The van der Waals surface area contributed by atoms with Crippen LogP contribution in [0.4, 0.5) is 5.69 Å². The second kappa shape index (κ2) is 8.37. The molecule has 4 rings (SSSR count). The van der Waals surface area contributed by atoms with Gasteiger partial charge in [0.2, 0.25) is 5.82 Å². The predicted octanol–water partition coefficient (Wildman–Crippen LogP) is 2.36. The molecule has 0 saturated carbocycles. The zero-order valence-corrected chi connectivity index (χ0v) is 18.1. The van der Waals surface area contributed by atoms with E-state index in [0.29, 0.717) is 17.8 Å². The van der Waals surface area contributed by atoms with Crippen molar-refractivity contribution in [2.45, 2.75) is 32.1 Å². The average Bonchev–Trinajstić information content (AvgIpc) is 3.39. The van der Waals surface area contributed by atoms with Crippen LogP contribution < -0.4 is 10.2 Å². The Kier molecular flexibility index (Phi) is 5.63. The van der Waals surface area contributed by atoms with Gasteiger partial charge in [-0.3, -0.25) is 9.59 Å². The van der Waals surface area contributed by atoms with Crippen molar-refractivity contribution in [1.29, 1.82) is 0 Å². The van der Waals surface area contributed by atoms with Crippen LogP contribution in [0.2, 0.25) is 0 Å². The number of aromatic nitrogens is 3. The first-order valence-electron chi connectivity index (χ1n) is 10.5. The van der Waals surface area contributed by atoms with E-state index in [-0.39, 0.29) is 29.5 Å². The van der Waals surface area contributed by atoms with E-state index in [0.717, 1.165) is 25.2 Å². The number of nitrogens with zero attached hydrogens (tertiary/aromatic N) is 4. The maximum atomic E-state index is 12.2. The molecule has 1 saturated heterocycles. The summed E-state index contributed by atoms with van der Waals surface area (Å²) in [6.45, 7) is 6.09. The summed E-state index contributed by atoms with van der Waals surface area (Å²) < 4.78 is 6.73. The molecular weight excluding hydrogens is 394 g/mol. The zero-order chi connectivity index (χ0) is 22.0. The van der Waals surface area contributed by atoms with Crippen LogP contribution in [0.1, 0.15) is 42.0 Å². The summed E-state index contributed by atoms with van der Waals surface area (Å²) in [7, 11) is 1.54. The standard InChI is InChI=1S/C23H27N5O3/c1-4-31-19(29)13-16-12-18(14-28-21(16)25-20(26-28)22(30)24-3)27-11-10-23(2,15-27)17-8-6-5-7-9-17/h5-9,12,14H,4,10-11,13,15H2,1-3H3,(H,24,30)/t23-/m0/s1. The van der Waals surface area contributed by atoms with E-state index in [1.54, 1.807) is 11.4 Å². The Morgan fingerprint density at radius 3 is 2.74 bits per heavy atom. The molecular formula is C23H27N5O3. The van der Waals surface area contributed by atoms with Crippen molar-refractivity contribution in [3.63, 3.8) is 0 Å². The van der Waals surface area contributed by atoms with E-state index in [1.165, 1.54) is 12.6 Å². The smallest absolute Gasteiger partial charge is 0.310 e. The lowest BCUT2D eigenvalue weighted by atomic mass is 9.82. The fourth-order valence-corrected chi connectivity index (χ4v) is 4.17. The third-order valence-electron chi connectivity index (χ3n) is 5.87. The van der Waals surface area contributed by atoms with Gasteiger partial charge in [0.15, 0.2) is 5.65 Å². The lowest BCUT2D eigenvalue weighted by molar-refractivity contribution is -0.142. The number of hydrogen-bond donors (Lipinski definition) is 1. The fourth-order valence-electron chi connectivity index (χ4n) is 4.17. The summed E-state index contributed by atoms with van der Waals surface area (Å²) in [5.41, 5.74) is 3.47. The number of amides is 1. The monoisotopic (exact) mass is 421 g/mol. The normalized spacial score (nSPS) is 18.4. The maximum Gasteiger partial charge on any atom is 0.310 e. The van der Waals surface area contributed by atoms with Crippen molar-refractivity contribution in [2.75, 3.05) is 31.6 Å². The minimum atomic E-state index is -0.370. The van der Waals surface area contributed by atoms with E-state index in [2.05, 4.69) is 51.5 Å². The topological polar surface area (TPSA) is 88.8 Å². The minimum absolute atomic E-state index is 0.0349. The molecule has 0 unspecified atom stereocenters. The number of ether oxygens (including phenoxy) is 1. The number of hydrogen-bond acceptors (Lipinski definition) is 6. The van der Waals surface area contributed by atoms with Crippen LogP contribution in [0.3, 0.4) is 0 Å². The molecule has 0 radical (unpaired) electrons. The molecule has 1 amide bonds. The summed E-state index contributed by atoms with van der Waals surface area (Å²) in [6, 6.07) is 12.5. The van der Waals surface area contributed by atoms with Crippen LogP contribution in [0.25, 0.3) is 5.65 Å². The van der Waals surface area contributed by atoms with E-state index in [4.69, 9.17) is 4.74 Å². The Labute approximate surface area is 181 Å². The summed E-state index contributed by atoms with van der Waals surface area (Å²) >= 11 is 0. The molecule has 1 aromatic carbocycles. The molecule has 2 aromatic heterocycles. The molecule has 1 aliphatic heterocycles. The van der Waals surface area contributed by atoms with Crippen LogP contribution in [-0.2, 0) is 21.4 Å². The predicted molar refractivity (Wildman–Crippen MR) is 117 cm³/mol. The highest BCUT2D eigenvalue weighted by Crippen LogP contribution is 2.36. The maximum absolute atomic E-state index is 12.2. The Hall–Kier alpha value is -3.42. The number of carbonyl (C=O) groups excluding carboxylic acids is 2. The molecule has 1 atom stereocenters. The number of benzene rings is 1. The van der Waals surface area contributed by atoms with E-state index < -0.39 is 0 Å². The Morgan fingerprint density at radius 2 is 2.03 bits per heavy atom. The minimum Gasteiger partial charge on any atom is -0.466 e. The summed E-state index contributed by atoms with van der Waals surface area (Å²) in [4.78, 5) is 30.9. The van der Waals surface area contributed by atoms with Crippen molar-refractivity contribution in [3.8, 4) is 0 Å². The third kappa shape index (κ3) is 4.10. The van der Waals surface area contributed by atoms with Gasteiger partial charge in [0.05, 0.1) is 24.9 Å². The van der Waals surface area contributed by atoms with Gasteiger partial charge in [0.1, 0.15) is 0 Å². The molecule has 8 heteroatoms. The van der Waals surface area contributed by atoms with Gasteiger partial charge < -0.3 is 15.0 Å². The first-order chi connectivity index (χ1) is 14.9. The molecule has 162 valence electrons. The number of pyridine rings is 1. The Morgan fingerprint density at radius 1 is 1.26 bits per heavy atom. The average molecular weight is 422 g/mol. The molecule has 3 aromatic rings.